The first kappa shape index (κ1) is 89.2. The van der Waals surface area contributed by atoms with E-state index in [9.17, 15) is 19.0 Å². The topological polar surface area (TPSA) is 108 Å². The minimum Gasteiger partial charge on any atom is -0.462 e. The number of allylic oxidation sites excluding steroid dienone is 14. The molecule has 0 aliphatic rings. The van der Waals surface area contributed by atoms with Crippen LogP contribution in [-0.2, 0) is 32.7 Å². The molecule has 0 aliphatic carbocycles. The Morgan fingerprint density at radius 2 is 0.620 bits per heavy atom. The van der Waals surface area contributed by atoms with Crippen LogP contribution < -0.4 is 0 Å². The van der Waals surface area contributed by atoms with Crippen molar-refractivity contribution < 1.29 is 42.1 Å². The van der Waals surface area contributed by atoms with Crippen molar-refractivity contribution in [3.05, 3.63) is 85.1 Å². The molecule has 0 radical (unpaired) electrons. The van der Waals surface area contributed by atoms with Gasteiger partial charge in [0, 0.05) is 12.8 Å². The fraction of sp³-hybridized carbons (Fsp3) is 0.805. The van der Waals surface area contributed by atoms with Crippen LogP contribution in [0, 0.1) is 0 Å². The molecule has 1 N–H and O–H groups in total. The third kappa shape index (κ3) is 76.2. The van der Waals surface area contributed by atoms with Gasteiger partial charge in [-0.15, -0.1) is 0 Å². The van der Waals surface area contributed by atoms with Crippen LogP contribution >= 0.6 is 7.82 Å². The number of likely N-dealkylation sites (N-methyl/N-ethyl adjacent to an activating group) is 1. The Labute approximate surface area is 571 Å². The van der Waals surface area contributed by atoms with Crippen molar-refractivity contribution in [1.82, 2.24) is 0 Å². The molecule has 2 unspecified atom stereocenters. The minimum atomic E-state index is -4.40. The highest BCUT2D eigenvalue weighted by atomic mass is 31.2. The van der Waals surface area contributed by atoms with E-state index in [-0.39, 0.29) is 25.6 Å². The smallest absolute Gasteiger partial charge is 0.462 e. The average molecular weight is 1310 g/mol. The number of hydrogen-bond donors (Lipinski definition) is 1. The predicted molar refractivity (Wildman–Crippen MR) is 399 cm³/mol. The first-order valence-electron chi connectivity index (χ1n) is 39.3. The number of carbonyl (C=O) groups excluding carboxylic acids is 2. The van der Waals surface area contributed by atoms with E-state index < -0.39 is 26.5 Å². The van der Waals surface area contributed by atoms with E-state index >= 15 is 0 Å². The summed E-state index contributed by atoms with van der Waals surface area (Å²) in [5, 5.41) is 0. The maximum atomic E-state index is 12.9. The summed E-state index contributed by atoms with van der Waals surface area (Å²) in [5.41, 5.74) is 0. The number of nitrogens with zero attached hydrogens (tertiary/aromatic N) is 1. The molecule has 536 valence electrons. The van der Waals surface area contributed by atoms with Gasteiger partial charge in [-0.25, -0.2) is 4.57 Å². The summed E-state index contributed by atoms with van der Waals surface area (Å²) in [6, 6.07) is 0. The summed E-state index contributed by atoms with van der Waals surface area (Å²) in [4.78, 5) is 36.0. The molecular formula is C82H151NO8P+. The molecule has 0 saturated heterocycles. The van der Waals surface area contributed by atoms with E-state index in [0.29, 0.717) is 23.9 Å². The van der Waals surface area contributed by atoms with Crippen molar-refractivity contribution in [2.24, 2.45) is 0 Å². The molecule has 10 heteroatoms. The molecule has 92 heavy (non-hydrogen) atoms. The number of quaternary nitrogens is 1. The Kier molecular flexibility index (Phi) is 70.2. The minimum absolute atomic E-state index is 0.0322. The van der Waals surface area contributed by atoms with Gasteiger partial charge in [0.25, 0.3) is 0 Å². The van der Waals surface area contributed by atoms with Gasteiger partial charge in [0.05, 0.1) is 27.7 Å². The van der Waals surface area contributed by atoms with Gasteiger partial charge in [0.15, 0.2) is 6.10 Å². The van der Waals surface area contributed by atoms with Crippen molar-refractivity contribution in [2.45, 2.75) is 380 Å². The molecule has 0 spiro atoms. The SMILES string of the molecule is CC/C=C\C/C=C\C/C=C\C/C=C\C/C=C\C/C=C\CCCCCCCCCCCCCCCCCCCCC(=O)OC(COC(=O)CCCCCCCCCCCCCCCCCCCCC/C=C\CCCCCCCCCC)COP(=O)(O)OCC[N+](C)(C)C. The van der Waals surface area contributed by atoms with Gasteiger partial charge in [-0.2, -0.15) is 0 Å². The number of phosphoric ester groups is 1. The summed E-state index contributed by atoms with van der Waals surface area (Å²) in [6.45, 7) is 4.38. The van der Waals surface area contributed by atoms with Gasteiger partial charge in [0.1, 0.15) is 19.8 Å². The van der Waals surface area contributed by atoms with Crippen LogP contribution in [0.25, 0.3) is 0 Å². The number of carbonyl (C=O) groups is 2. The zero-order chi connectivity index (χ0) is 66.9. The lowest BCUT2D eigenvalue weighted by molar-refractivity contribution is -0.870. The maximum absolute atomic E-state index is 12.9. The Morgan fingerprint density at radius 1 is 0.348 bits per heavy atom. The van der Waals surface area contributed by atoms with E-state index in [1.807, 2.05) is 21.1 Å². The molecule has 0 rings (SSSR count). The second kappa shape index (κ2) is 72.5. The number of hydrogen-bond acceptors (Lipinski definition) is 7. The van der Waals surface area contributed by atoms with Crippen molar-refractivity contribution in [2.75, 3.05) is 47.5 Å². The van der Waals surface area contributed by atoms with Gasteiger partial charge in [0.2, 0.25) is 0 Å². The van der Waals surface area contributed by atoms with Crippen LogP contribution in [0.4, 0.5) is 0 Å². The summed E-state index contributed by atoms with van der Waals surface area (Å²) in [5.74, 6) is -0.779. The van der Waals surface area contributed by atoms with E-state index in [1.165, 1.54) is 270 Å². The third-order valence-corrected chi connectivity index (χ3v) is 18.4. The molecule has 0 fully saturated rings. The zero-order valence-electron chi connectivity index (χ0n) is 61.3. The molecule has 9 nitrogen and oxygen atoms in total. The fourth-order valence-corrected chi connectivity index (χ4v) is 12.2. The Balaban J connectivity index is 3.95. The van der Waals surface area contributed by atoms with E-state index in [1.54, 1.807) is 0 Å². The maximum Gasteiger partial charge on any atom is 0.472 e. The first-order chi connectivity index (χ1) is 45.0. The van der Waals surface area contributed by atoms with Crippen LogP contribution in [0.2, 0.25) is 0 Å². The third-order valence-electron chi connectivity index (χ3n) is 17.4. The molecular weight excluding hydrogens is 1160 g/mol. The predicted octanol–water partition coefficient (Wildman–Crippen LogP) is 26.1. The van der Waals surface area contributed by atoms with Crippen molar-refractivity contribution in [1.29, 1.82) is 0 Å². The molecule has 0 aliphatic heterocycles. The van der Waals surface area contributed by atoms with Crippen molar-refractivity contribution >= 4 is 19.8 Å². The van der Waals surface area contributed by atoms with Gasteiger partial charge in [-0.05, 0) is 89.9 Å². The quantitative estimate of drug-likeness (QED) is 0.0211. The molecule has 0 bridgehead atoms. The van der Waals surface area contributed by atoms with Crippen LogP contribution in [-0.4, -0.2) is 74.9 Å². The standard InChI is InChI=1S/C82H150NO8P/c1-6-8-10-12-14-16-18-20-22-24-26-28-30-32-34-36-38-39-40-41-42-43-45-47-49-51-53-55-57-59-61-63-65-67-69-71-73-75-82(85)91-80(79-90-92(86,87)89-77-76-83(3,4)5)78-88-81(84)74-72-70-68-66-64-62-60-58-56-54-52-50-48-46-44-37-35-33-31-29-27-25-23-21-19-17-15-13-11-9-7-2/h8,10,14,16,20,22,25-28,32,34,38-39,80H,6-7,9,11-13,15,17-19,21,23-24,29-31,33,35-37,40-79H2,1-5H3/p+1/b10-8-,16-14-,22-20-,27-25-,28-26-,34-32-,39-38-. The van der Waals surface area contributed by atoms with Crippen molar-refractivity contribution in [3.8, 4) is 0 Å². The summed E-state index contributed by atoms with van der Waals surface area (Å²) in [6.07, 6.45) is 100. The monoisotopic (exact) mass is 1310 g/mol. The molecule has 0 heterocycles. The normalized spacial score (nSPS) is 13.5. The lowest BCUT2D eigenvalue weighted by atomic mass is 10.0. The molecule has 0 amide bonds. The zero-order valence-corrected chi connectivity index (χ0v) is 62.2. The number of unbranched alkanes of at least 4 members (excludes halogenated alkanes) is 45. The van der Waals surface area contributed by atoms with Gasteiger partial charge >= 0.3 is 19.8 Å². The largest absolute Gasteiger partial charge is 0.472 e. The summed E-state index contributed by atoms with van der Waals surface area (Å²) in [7, 11) is 1.49. The van der Waals surface area contributed by atoms with Crippen LogP contribution in [0.1, 0.15) is 373 Å². The lowest BCUT2D eigenvalue weighted by Crippen LogP contribution is -2.37. The number of rotatable bonds is 73. The molecule has 0 saturated carbocycles. The van der Waals surface area contributed by atoms with Crippen molar-refractivity contribution in [3.63, 3.8) is 0 Å². The molecule has 2 atom stereocenters. The lowest BCUT2D eigenvalue weighted by Gasteiger charge is -2.24. The Bertz CT molecular complexity index is 1830. The van der Waals surface area contributed by atoms with Gasteiger partial charge < -0.3 is 18.9 Å². The second-order valence-electron chi connectivity index (χ2n) is 27.7. The van der Waals surface area contributed by atoms with Crippen LogP contribution in [0.5, 0.6) is 0 Å². The van der Waals surface area contributed by atoms with Gasteiger partial charge in [-0.1, -0.05) is 356 Å². The highest BCUT2D eigenvalue weighted by Crippen LogP contribution is 2.43. The van der Waals surface area contributed by atoms with E-state index in [4.69, 9.17) is 18.5 Å². The summed E-state index contributed by atoms with van der Waals surface area (Å²) >= 11 is 0. The van der Waals surface area contributed by atoms with Gasteiger partial charge in [-0.3, -0.25) is 18.6 Å². The number of phosphoric acid groups is 1. The fourth-order valence-electron chi connectivity index (χ4n) is 11.4. The molecule has 0 aromatic rings. The summed E-state index contributed by atoms with van der Waals surface area (Å²) < 4.78 is 34.8. The van der Waals surface area contributed by atoms with Crippen LogP contribution in [0.15, 0.2) is 85.1 Å². The second-order valence-corrected chi connectivity index (χ2v) is 29.2. The molecule has 0 aromatic carbocycles. The highest BCUT2D eigenvalue weighted by Gasteiger charge is 2.27. The van der Waals surface area contributed by atoms with Crippen LogP contribution in [0.3, 0.4) is 0 Å². The van der Waals surface area contributed by atoms with E-state index in [2.05, 4.69) is 98.9 Å². The Hall–Kier alpha value is -2.81. The van der Waals surface area contributed by atoms with E-state index in [0.717, 1.165) is 70.6 Å². The first-order valence-corrected chi connectivity index (χ1v) is 40.8. The number of esters is 2. The highest BCUT2D eigenvalue weighted by molar-refractivity contribution is 7.47. The Morgan fingerprint density at radius 3 is 0.935 bits per heavy atom. The number of ether oxygens (including phenoxy) is 2. The molecule has 0 aromatic heterocycles. The average Bonchev–Trinajstić information content (AvgIpc) is 2.34.